The summed E-state index contributed by atoms with van der Waals surface area (Å²) in [7, 11) is 0. The van der Waals surface area contributed by atoms with Crippen LogP contribution in [0.15, 0.2) is 24.3 Å². The lowest BCUT2D eigenvalue weighted by atomic mass is 10.2. The van der Waals surface area contributed by atoms with Gasteiger partial charge < -0.3 is 5.48 Å². The van der Waals surface area contributed by atoms with Crippen LogP contribution in [-0.4, -0.2) is 5.48 Å². The van der Waals surface area contributed by atoms with Gasteiger partial charge in [-0.05, 0) is 24.3 Å². The van der Waals surface area contributed by atoms with Crippen molar-refractivity contribution < 1.29 is 5.48 Å². The van der Waals surface area contributed by atoms with Gasteiger partial charge in [-0.15, -0.1) is 0 Å². The highest BCUT2D eigenvalue weighted by Gasteiger charge is 1.88. The topological polar surface area (TPSA) is 79.1 Å². The van der Waals surface area contributed by atoms with E-state index in [1.54, 1.807) is 24.3 Å². The third-order valence-corrected chi connectivity index (χ3v) is 1.14. The number of hydrogen-bond donors (Lipinski definition) is 0. The summed E-state index contributed by atoms with van der Waals surface area (Å²) in [5.74, 6) is 0. The van der Waals surface area contributed by atoms with Gasteiger partial charge in [0.25, 0.3) is 0 Å². The molecule has 0 radical (unpaired) electrons. The van der Waals surface area contributed by atoms with Crippen molar-refractivity contribution in [3.63, 3.8) is 0 Å². The molecule has 0 aliphatic rings. The molecule has 0 atom stereocenters. The lowest BCUT2D eigenvalue weighted by Gasteiger charge is -1.85. The smallest absolute Gasteiger partial charge is 0.0991 e. The summed E-state index contributed by atoms with van der Waals surface area (Å²) in [5, 5.41) is 16.7. The van der Waals surface area contributed by atoms with Crippen LogP contribution in [-0.2, 0) is 0 Å². The highest BCUT2D eigenvalue weighted by atomic mass is 16.0. The normalized spacial score (nSPS) is 7.09. The average molecular weight is 146 g/mol. The van der Waals surface area contributed by atoms with E-state index in [2.05, 4.69) is 0 Å². The molecule has 1 aromatic rings. The fourth-order valence-corrected chi connectivity index (χ4v) is 0.619. The lowest BCUT2D eigenvalue weighted by Crippen LogP contribution is -1.74. The predicted molar refractivity (Wildman–Crippen MR) is 39.5 cm³/mol. The first-order valence-corrected chi connectivity index (χ1v) is 2.77. The van der Waals surface area contributed by atoms with E-state index in [4.69, 9.17) is 10.5 Å². The fourth-order valence-electron chi connectivity index (χ4n) is 0.619. The van der Waals surface area contributed by atoms with Crippen LogP contribution < -0.4 is 0 Å². The molecule has 1 aromatic carbocycles. The number of nitrogens with zero attached hydrogens (tertiary/aromatic N) is 2. The van der Waals surface area contributed by atoms with Crippen LogP contribution in [0.4, 0.5) is 0 Å². The zero-order valence-electron chi connectivity index (χ0n) is 5.70. The molecule has 0 fully saturated rings. The highest BCUT2D eigenvalue weighted by Crippen LogP contribution is 2.00. The fraction of sp³-hybridized carbons (Fsp3) is 0. The van der Waals surface area contributed by atoms with Gasteiger partial charge in [0.15, 0.2) is 0 Å². The summed E-state index contributed by atoms with van der Waals surface area (Å²) >= 11 is 0. The maximum absolute atomic E-state index is 8.37. The van der Waals surface area contributed by atoms with E-state index >= 15 is 0 Å². The van der Waals surface area contributed by atoms with Gasteiger partial charge in [0.2, 0.25) is 0 Å². The predicted octanol–water partition coefficient (Wildman–Crippen LogP) is 0.605. The van der Waals surface area contributed by atoms with Crippen LogP contribution in [0.3, 0.4) is 0 Å². The first-order valence-electron chi connectivity index (χ1n) is 2.77. The molecular weight excluding hydrogens is 140 g/mol. The molecule has 0 aliphatic carbocycles. The molecule has 2 N–H and O–H groups in total. The van der Waals surface area contributed by atoms with Crippen molar-refractivity contribution in [1.29, 1.82) is 10.5 Å². The quantitative estimate of drug-likeness (QED) is 0.537. The molecule has 0 heterocycles. The SMILES string of the molecule is N#Cc1ccc(C#N)cc1.O. The second kappa shape index (κ2) is 4.05. The standard InChI is InChI=1S/C8H4N2.H2O/c9-5-7-1-2-8(6-10)4-3-7;/h1-4H;1H2. The average Bonchev–Trinajstić information content (AvgIpc) is 2.05. The van der Waals surface area contributed by atoms with E-state index in [1.165, 1.54) is 0 Å². The first-order chi connectivity index (χ1) is 4.86. The Balaban J connectivity index is 0.000001000. The van der Waals surface area contributed by atoms with Crippen LogP contribution in [0.2, 0.25) is 0 Å². The number of rotatable bonds is 0. The Morgan fingerprint density at radius 2 is 1.09 bits per heavy atom. The summed E-state index contributed by atoms with van der Waals surface area (Å²) in [6, 6.07) is 10.4. The Bertz CT molecular complexity index is 269. The van der Waals surface area contributed by atoms with Crippen molar-refractivity contribution in [2.45, 2.75) is 0 Å². The highest BCUT2D eigenvalue weighted by molar-refractivity contribution is 5.36. The summed E-state index contributed by atoms with van der Waals surface area (Å²) in [6.45, 7) is 0. The number of benzene rings is 1. The molecule has 0 aliphatic heterocycles. The van der Waals surface area contributed by atoms with Gasteiger partial charge in [0.05, 0.1) is 23.3 Å². The van der Waals surface area contributed by atoms with E-state index in [0.29, 0.717) is 11.1 Å². The Morgan fingerprint density at radius 1 is 0.818 bits per heavy atom. The summed E-state index contributed by atoms with van der Waals surface area (Å²) in [4.78, 5) is 0. The van der Waals surface area contributed by atoms with Gasteiger partial charge in [-0.2, -0.15) is 10.5 Å². The Morgan fingerprint density at radius 3 is 1.27 bits per heavy atom. The second-order valence-corrected chi connectivity index (χ2v) is 1.80. The Kier molecular flexibility index (Phi) is 3.37. The number of hydrogen-bond acceptors (Lipinski definition) is 2. The molecule has 54 valence electrons. The summed E-state index contributed by atoms with van der Waals surface area (Å²) in [5.41, 5.74) is 1.16. The zero-order valence-corrected chi connectivity index (χ0v) is 5.70. The third kappa shape index (κ3) is 2.09. The zero-order chi connectivity index (χ0) is 7.40. The van der Waals surface area contributed by atoms with Gasteiger partial charge in [-0.25, -0.2) is 0 Å². The van der Waals surface area contributed by atoms with Gasteiger partial charge in [-0.3, -0.25) is 0 Å². The monoisotopic (exact) mass is 146 g/mol. The van der Waals surface area contributed by atoms with Crippen LogP contribution in [0.1, 0.15) is 11.1 Å². The van der Waals surface area contributed by atoms with E-state index in [9.17, 15) is 0 Å². The largest absolute Gasteiger partial charge is 0.412 e. The van der Waals surface area contributed by atoms with Gasteiger partial charge >= 0.3 is 0 Å². The Labute approximate surface area is 64.4 Å². The van der Waals surface area contributed by atoms with E-state index < -0.39 is 0 Å². The molecule has 3 nitrogen and oxygen atoms in total. The van der Waals surface area contributed by atoms with Crippen LogP contribution in [0.5, 0.6) is 0 Å². The molecule has 0 unspecified atom stereocenters. The molecule has 3 heteroatoms. The van der Waals surface area contributed by atoms with Crippen molar-refractivity contribution >= 4 is 0 Å². The van der Waals surface area contributed by atoms with Gasteiger partial charge in [-0.1, -0.05) is 0 Å². The molecule has 0 aromatic heterocycles. The maximum atomic E-state index is 8.37. The van der Waals surface area contributed by atoms with Crippen LogP contribution in [0.25, 0.3) is 0 Å². The minimum atomic E-state index is 0. The summed E-state index contributed by atoms with van der Waals surface area (Å²) in [6.07, 6.45) is 0. The first kappa shape index (κ1) is 9.16. The van der Waals surface area contributed by atoms with Crippen molar-refractivity contribution in [2.24, 2.45) is 0 Å². The lowest BCUT2D eigenvalue weighted by molar-refractivity contribution is 0.824. The molecule has 0 saturated carbocycles. The number of nitriles is 2. The molecular formula is C8H6N2O. The molecule has 1 rings (SSSR count). The maximum Gasteiger partial charge on any atom is 0.0991 e. The Hall–Kier alpha value is -1.84. The van der Waals surface area contributed by atoms with E-state index in [-0.39, 0.29) is 5.48 Å². The second-order valence-electron chi connectivity index (χ2n) is 1.80. The third-order valence-electron chi connectivity index (χ3n) is 1.14. The molecule has 0 bridgehead atoms. The van der Waals surface area contributed by atoms with E-state index in [0.717, 1.165) is 0 Å². The van der Waals surface area contributed by atoms with Crippen molar-refractivity contribution in [3.05, 3.63) is 35.4 Å². The van der Waals surface area contributed by atoms with Gasteiger partial charge in [0.1, 0.15) is 0 Å². The summed E-state index contributed by atoms with van der Waals surface area (Å²) < 4.78 is 0. The van der Waals surface area contributed by atoms with Crippen LogP contribution in [0, 0.1) is 22.7 Å². The van der Waals surface area contributed by atoms with Crippen molar-refractivity contribution in [2.75, 3.05) is 0 Å². The van der Waals surface area contributed by atoms with Gasteiger partial charge in [0, 0.05) is 0 Å². The van der Waals surface area contributed by atoms with Crippen LogP contribution >= 0.6 is 0 Å². The molecule has 0 saturated heterocycles. The van der Waals surface area contributed by atoms with Crippen molar-refractivity contribution in [3.8, 4) is 12.1 Å². The minimum absolute atomic E-state index is 0. The molecule has 11 heavy (non-hydrogen) atoms. The molecule has 0 spiro atoms. The molecule has 0 amide bonds. The van der Waals surface area contributed by atoms with Crippen molar-refractivity contribution in [1.82, 2.24) is 0 Å². The minimum Gasteiger partial charge on any atom is -0.412 e. The van der Waals surface area contributed by atoms with E-state index in [1.807, 2.05) is 12.1 Å².